The molecule has 1 atom stereocenters. The fourth-order valence-corrected chi connectivity index (χ4v) is 3.14. The van der Waals surface area contributed by atoms with Crippen LogP contribution in [0, 0.1) is 19.7 Å². The van der Waals surface area contributed by atoms with Crippen LogP contribution in [0.1, 0.15) is 29.5 Å². The Balaban J connectivity index is 2.16. The van der Waals surface area contributed by atoms with E-state index in [0.717, 1.165) is 13.0 Å². The van der Waals surface area contributed by atoms with E-state index < -0.39 is 17.9 Å². The Morgan fingerprint density at radius 1 is 1.00 bits per heavy atom. The maximum absolute atomic E-state index is 13.3. The summed E-state index contributed by atoms with van der Waals surface area (Å²) in [6.45, 7) is 4.46. The number of aromatic amines is 1. The number of hydrogen-bond donors (Lipinski definition) is 1. The Morgan fingerprint density at radius 2 is 1.69 bits per heavy atom. The third-order valence-electron chi connectivity index (χ3n) is 4.65. The third-order valence-corrected chi connectivity index (χ3v) is 4.65. The molecule has 0 aliphatic carbocycles. The van der Waals surface area contributed by atoms with Gasteiger partial charge < -0.3 is 4.98 Å². The smallest absolute Gasteiger partial charge is 0.354 e. The largest absolute Gasteiger partial charge is 0.395 e. The minimum absolute atomic E-state index is 0.212. The summed E-state index contributed by atoms with van der Waals surface area (Å²) in [6.07, 6.45) is -4.32. The van der Waals surface area contributed by atoms with E-state index in [1.807, 2.05) is 0 Å². The Bertz CT molecular complexity index is 1050. The van der Waals surface area contributed by atoms with Crippen molar-refractivity contribution < 1.29 is 17.6 Å². The van der Waals surface area contributed by atoms with Gasteiger partial charge in [-0.2, -0.15) is 13.2 Å². The number of rotatable bonds is 2. The van der Waals surface area contributed by atoms with Gasteiger partial charge >= 0.3 is 6.18 Å². The molecule has 1 heterocycles. The number of nitrogens with one attached hydrogen (secondary N) is 1. The van der Waals surface area contributed by atoms with Crippen LogP contribution < -0.4 is 5.43 Å². The SMILES string of the molecule is Cc1cc(C(C)C(F)(F)F)c(C)cc1-c1cc(=O)c2cc(F)ccc2[nH]1. The molecule has 3 rings (SSSR count). The molecule has 1 unspecified atom stereocenters. The molecule has 0 fully saturated rings. The highest BCUT2D eigenvalue weighted by atomic mass is 19.4. The van der Waals surface area contributed by atoms with Crippen molar-refractivity contribution in [1.29, 1.82) is 0 Å². The first kappa shape index (κ1) is 18.2. The molecule has 1 N–H and O–H groups in total. The van der Waals surface area contributed by atoms with E-state index in [9.17, 15) is 22.4 Å². The van der Waals surface area contributed by atoms with Crippen LogP contribution in [-0.4, -0.2) is 11.2 Å². The fourth-order valence-electron chi connectivity index (χ4n) is 3.14. The van der Waals surface area contributed by atoms with Gasteiger partial charge in [0, 0.05) is 28.2 Å². The number of H-pyrrole nitrogens is 1. The Hall–Kier alpha value is -2.63. The lowest BCUT2D eigenvalue weighted by Crippen LogP contribution is -2.19. The summed E-state index contributed by atoms with van der Waals surface area (Å²) < 4.78 is 52.5. The second-order valence-electron chi connectivity index (χ2n) is 6.52. The maximum Gasteiger partial charge on any atom is 0.395 e. The van der Waals surface area contributed by atoms with Gasteiger partial charge in [-0.1, -0.05) is 6.07 Å². The van der Waals surface area contributed by atoms with Crippen molar-refractivity contribution >= 4 is 10.9 Å². The van der Waals surface area contributed by atoms with Crippen molar-refractivity contribution in [2.45, 2.75) is 32.9 Å². The van der Waals surface area contributed by atoms with Gasteiger partial charge in [-0.15, -0.1) is 0 Å². The standard InChI is InChI=1S/C20H17F4NO/c1-10-7-15(11(2)6-14(10)12(3)20(22,23)24)18-9-19(26)16-8-13(21)4-5-17(16)25-18/h4-9,12H,1-3H3,(H,25,26). The quantitative estimate of drug-likeness (QED) is 0.589. The number of hydrogen-bond acceptors (Lipinski definition) is 1. The summed E-state index contributed by atoms with van der Waals surface area (Å²) in [5.41, 5.74) is 2.58. The van der Waals surface area contributed by atoms with Crippen LogP contribution in [0.5, 0.6) is 0 Å². The van der Waals surface area contributed by atoms with Gasteiger partial charge in [-0.25, -0.2) is 4.39 Å². The molecule has 0 bridgehead atoms. The summed E-state index contributed by atoms with van der Waals surface area (Å²) in [6, 6.07) is 8.37. The molecule has 0 amide bonds. The maximum atomic E-state index is 13.3. The lowest BCUT2D eigenvalue weighted by Gasteiger charge is -2.20. The molecule has 0 saturated heterocycles. The first-order chi connectivity index (χ1) is 12.1. The van der Waals surface area contributed by atoms with Crippen LogP contribution in [0.15, 0.2) is 41.2 Å². The summed E-state index contributed by atoms with van der Waals surface area (Å²) in [4.78, 5) is 15.4. The predicted molar refractivity (Wildman–Crippen MR) is 93.9 cm³/mol. The van der Waals surface area contributed by atoms with Crippen LogP contribution in [0.3, 0.4) is 0 Å². The zero-order valence-corrected chi connectivity index (χ0v) is 14.5. The van der Waals surface area contributed by atoms with Crippen molar-refractivity contribution in [1.82, 2.24) is 4.98 Å². The molecule has 2 aromatic carbocycles. The number of fused-ring (bicyclic) bond motifs is 1. The van der Waals surface area contributed by atoms with E-state index in [1.165, 1.54) is 24.3 Å². The van der Waals surface area contributed by atoms with E-state index in [4.69, 9.17) is 0 Å². The zero-order valence-electron chi connectivity index (χ0n) is 14.5. The van der Waals surface area contributed by atoms with Gasteiger partial charge in [0.25, 0.3) is 0 Å². The van der Waals surface area contributed by atoms with E-state index in [1.54, 1.807) is 19.9 Å². The molecule has 136 valence electrons. The number of alkyl halides is 3. The van der Waals surface area contributed by atoms with Gasteiger partial charge in [-0.05, 0) is 61.7 Å². The first-order valence-electron chi connectivity index (χ1n) is 8.08. The number of aromatic nitrogens is 1. The van der Waals surface area contributed by atoms with Gasteiger partial charge in [0.1, 0.15) is 5.82 Å². The molecule has 0 aliphatic heterocycles. The van der Waals surface area contributed by atoms with Crippen LogP contribution in [0.4, 0.5) is 17.6 Å². The van der Waals surface area contributed by atoms with Crippen molar-refractivity contribution in [2.75, 3.05) is 0 Å². The number of aryl methyl sites for hydroxylation is 2. The molecule has 26 heavy (non-hydrogen) atoms. The second-order valence-corrected chi connectivity index (χ2v) is 6.52. The molecular weight excluding hydrogens is 346 g/mol. The van der Waals surface area contributed by atoms with E-state index in [0.29, 0.717) is 27.9 Å². The second kappa shape index (κ2) is 6.27. The molecule has 2 nitrogen and oxygen atoms in total. The van der Waals surface area contributed by atoms with Gasteiger partial charge in [-0.3, -0.25) is 4.79 Å². The Kier molecular flexibility index (Phi) is 4.38. The minimum atomic E-state index is -4.32. The van der Waals surface area contributed by atoms with Gasteiger partial charge in [0.15, 0.2) is 5.43 Å². The molecule has 0 spiro atoms. The molecule has 0 radical (unpaired) electrons. The van der Waals surface area contributed by atoms with Crippen molar-refractivity contribution in [3.8, 4) is 11.3 Å². The molecule has 3 aromatic rings. The summed E-state index contributed by atoms with van der Waals surface area (Å²) in [7, 11) is 0. The molecule has 0 aliphatic rings. The lowest BCUT2D eigenvalue weighted by atomic mass is 9.90. The molecule has 1 aromatic heterocycles. The van der Waals surface area contributed by atoms with Crippen molar-refractivity contribution in [3.05, 3.63) is 69.1 Å². The number of halogens is 4. The highest BCUT2D eigenvalue weighted by Gasteiger charge is 2.37. The minimum Gasteiger partial charge on any atom is -0.354 e. The first-order valence-corrected chi connectivity index (χ1v) is 8.08. The van der Waals surface area contributed by atoms with Crippen LogP contribution in [0.2, 0.25) is 0 Å². The predicted octanol–water partition coefficient (Wildman–Crippen LogP) is 5.62. The average Bonchev–Trinajstić information content (AvgIpc) is 2.55. The van der Waals surface area contributed by atoms with Crippen LogP contribution >= 0.6 is 0 Å². The normalized spacial score (nSPS) is 13.2. The van der Waals surface area contributed by atoms with Crippen molar-refractivity contribution in [2.24, 2.45) is 0 Å². The summed E-state index contributed by atoms with van der Waals surface area (Å²) in [5.74, 6) is -2.08. The van der Waals surface area contributed by atoms with E-state index in [2.05, 4.69) is 4.98 Å². The number of benzene rings is 2. The topological polar surface area (TPSA) is 32.9 Å². The van der Waals surface area contributed by atoms with Gasteiger partial charge in [0.05, 0.1) is 5.92 Å². The highest BCUT2D eigenvalue weighted by molar-refractivity contribution is 5.82. The monoisotopic (exact) mass is 363 g/mol. The van der Waals surface area contributed by atoms with E-state index in [-0.39, 0.29) is 16.4 Å². The Labute approximate surface area is 147 Å². The lowest BCUT2D eigenvalue weighted by molar-refractivity contribution is -0.146. The Morgan fingerprint density at radius 3 is 2.35 bits per heavy atom. The van der Waals surface area contributed by atoms with Crippen LogP contribution in [0.25, 0.3) is 22.2 Å². The van der Waals surface area contributed by atoms with Crippen LogP contribution in [-0.2, 0) is 0 Å². The molecule has 6 heteroatoms. The number of pyridine rings is 1. The van der Waals surface area contributed by atoms with Crippen molar-refractivity contribution in [3.63, 3.8) is 0 Å². The molecular formula is C20H17F4NO. The fraction of sp³-hybridized carbons (Fsp3) is 0.250. The highest BCUT2D eigenvalue weighted by Crippen LogP contribution is 2.38. The van der Waals surface area contributed by atoms with Gasteiger partial charge in [0.2, 0.25) is 0 Å². The molecule has 0 saturated carbocycles. The summed E-state index contributed by atoms with van der Waals surface area (Å²) >= 11 is 0. The summed E-state index contributed by atoms with van der Waals surface area (Å²) in [5, 5.41) is 0.227. The average molecular weight is 363 g/mol. The zero-order chi connectivity index (χ0) is 19.2. The third kappa shape index (κ3) is 3.23. The van der Waals surface area contributed by atoms with E-state index >= 15 is 0 Å².